The summed E-state index contributed by atoms with van der Waals surface area (Å²) >= 11 is 6.07. The number of thioether (sulfide) groups is 1. The van der Waals surface area contributed by atoms with Crippen molar-refractivity contribution in [3.05, 3.63) is 23.3 Å². The minimum atomic E-state index is -1.10. The lowest BCUT2D eigenvalue weighted by Gasteiger charge is -2.32. The molecule has 1 aromatic rings. The summed E-state index contributed by atoms with van der Waals surface area (Å²) in [6.07, 6.45) is 0.162. The summed E-state index contributed by atoms with van der Waals surface area (Å²) in [7, 11) is 0. The number of aliphatic carboxylic acids is 1. The molecular formula is C19H19NO7S2. The van der Waals surface area contributed by atoms with Gasteiger partial charge in [0, 0.05) is 12.7 Å². The number of benzene rings is 1. The molecule has 0 fully saturated rings. The SMILES string of the molecule is CC(=O)SCC(C(=O)C1N[C@H](C(=O)O)Cc2cc3c(cc21)OCO3)C(=S)C(C)=O. The number of hydrogen-bond acceptors (Lipinski definition) is 9. The van der Waals surface area contributed by atoms with E-state index < -0.39 is 35.5 Å². The number of Topliss-reactive ketones (excluding diaryl/α,β-unsaturated/α-hetero) is 2. The first-order chi connectivity index (χ1) is 13.7. The van der Waals surface area contributed by atoms with Crippen LogP contribution in [0, 0.1) is 5.92 Å². The van der Waals surface area contributed by atoms with Crippen LogP contribution in [0.2, 0.25) is 0 Å². The Morgan fingerprint density at radius 1 is 1.24 bits per heavy atom. The van der Waals surface area contributed by atoms with Gasteiger partial charge >= 0.3 is 5.97 Å². The molecule has 2 N–H and O–H groups in total. The van der Waals surface area contributed by atoms with Crippen molar-refractivity contribution >= 4 is 51.5 Å². The Kier molecular flexibility index (Phi) is 6.35. The highest BCUT2D eigenvalue weighted by Crippen LogP contribution is 2.40. The first-order valence-corrected chi connectivity index (χ1v) is 10.2. The maximum Gasteiger partial charge on any atom is 0.321 e. The van der Waals surface area contributed by atoms with E-state index in [-0.39, 0.29) is 28.9 Å². The molecule has 29 heavy (non-hydrogen) atoms. The molecule has 3 rings (SSSR count). The Bertz CT molecular complexity index is 914. The second-order valence-electron chi connectivity index (χ2n) is 6.78. The van der Waals surface area contributed by atoms with E-state index in [1.54, 1.807) is 12.1 Å². The zero-order valence-corrected chi connectivity index (χ0v) is 17.4. The van der Waals surface area contributed by atoms with Gasteiger partial charge in [-0.15, -0.1) is 0 Å². The van der Waals surface area contributed by atoms with Crippen LogP contribution < -0.4 is 14.8 Å². The van der Waals surface area contributed by atoms with Crippen LogP contribution >= 0.6 is 24.0 Å². The van der Waals surface area contributed by atoms with Gasteiger partial charge in [-0.2, -0.15) is 0 Å². The van der Waals surface area contributed by atoms with Crippen LogP contribution in [0.15, 0.2) is 12.1 Å². The van der Waals surface area contributed by atoms with Crippen molar-refractivity contribution in [2.24, 2.45) is 5.92 Å². The quantitative estimate of drug-likeness (QED) is 0.607. The second-order valence-corrected chi connectivity index (χ2v) is 8.41. The first kappa shape index (κ1) is 21.4. The average Bonchev–Trinajstić information content (AvgIpc) is 3.11. The van der Waals surface area contributed by atoms with Gasteiger partial charge in [0.25, 0.3) is 0 Å². The minimum Gasteiger partial charge on any atom is -0.480 e. The van der Waals surface area contributed by atoms with Crippen molar-refractivity contribution in [1.82, 2.24) is 5.32 Å². The molecule has 154 valence electrons. The predicted octanol–water partition coefficient (Wildman–Crippen LogP) is 1.48. The fourth-order valence-electron chi connectivity index (χ4n) is 3.34. The Morgan fingerprint density at radius 2 is 1.90 bits per heavy atom. The average molecular weight is 437 g/mol. The van der Waals surface area contributed by atoms with Gasteiger partial charge in [0.05, 0.1) is 16.8 Å². The van der Waals surface area contributed by atoms with Gasteiger partial charge in [0.1, 0.15) is 6.04 Å². The number of carbonyl (C=O) groups is 4. The summed E-state index contributed by atoms with van der Waals surface area (Å²) < 4.78 is 10.7. The van der Waals surface area contributed by atoms with Crippen LogP contribution in [0.1, 0.15) is 31.0 Å². The van der Waals surface area contributed by atoms with Crippen molar-refractivity contribution in [3.63, 3.8) is 0 Å². The van der Waals surface area contributed by atoms with E-state index in [1.807, 2.05) is 0 Å². The van der Waals surface area contributed by atoms with Crippen molar-refractivity contribution in [3.8, 4) is 11.5 Å². The number of carboxylic acid groups (broad SMARTS) is 1. The van der Waals surface area contributed by atoms with Gasteiger partial charge in [0.2, 0.25) is 6.79 Å². The van der Waals surface area contributed by atoms with Crippen molar-refractivity contribution in [2.75, 3.05) is 12.5 Å². The lowest BCUT2D eigenvalue weighted by Crippen LogP contribution is -2.49. The molecule has 0 aromatic heterocycles. The third-order valence-electron chi connectivity index (χ3n) is 4.78. The van der Waals surface area contributed by atoms with Crippen molar-refractivity contribution < 1.29 is 33.8 Å². The molecule has 0 amide bonds. The van der Waals surface area contributed by atoms with E-state index in [0.717, 1.165) is 11.8 Å². The molecule has 0 bridgehead atoms. The number of nitrogens with one attached hydrogen (secondary N) is 1. The largest absolute Gasteiger partial charge is 0.480 e. The van der Waals surface area contributed by atoms with Crippen LogP contribution in [-0.4, -0.2) is 51.2 Å². The number of ketones is 2. The van der Waals surface area contributed by atoms with Crippen molar-refractivity contribution in [2.45, 2.75) is 32.4 Å². The van der Waals surface area contributed by atoms with Gasteiger partial charge in [-0.25, -0.2) is 0 Å². The van der Waals surface area contributed by atoms with Crippen LogP contribution in [0.5, 0.6) is 11.5 Å². The zero-order valence-electron chi connectivity index (χ0n) is 15.7. The molecule has 2 unspecified atom stereocenters. The monoisotopic (exact) mass is 437 g/mol. The fraction of sp³-hybridized carbons (Fsp3) is 0.421. The van der Waals surface area contributed by atoms with E-state index in [9.17, 15) is 24.3 Å². The molecule has 0 saturated heterocycles. The number of ether oxygens (including phenoxy) is 2. The van der Waals surface area contributed by atoms with Gasteiger partial charge < -0.3 is 14.6 Å². The van der Waals surface area contributed by atoms with E-state index in [0.29, 0.717) is 22.6 Å². The molecular weight excluding hydrogens is 418 g/mol. The molecule has 2 aliphatic heterocycles. The van der Waals surface area contributed by atoms with E-state index in [2.05, 4.69) is 5.32 Å². The Balaban J connectivity index is 2.01. The Hall–Kier alpha value is -2.30. The highest BCUT2D eigenvalue weighted by atomic mass is 32.2. The summed E-state index contributed by atoms with van der Waals surface area (Å²) in [4.78, 5) is 48.2. The topological polar surface area (TPSA) is 119 Å². The summed E-state index contributed by atoms with van der Waals surface area (Å²) in [5.74, 6) is -2.02. The maximum absolute atomic E-state index is 13.4. The standard InChI is InChI=1S/C19H19NO7S2/c1-8(21)18(28)12(6-29-9(2)22)17(23)16-11-5-15-14(26-7-27-15)4-10(11)3-13(20-16)19(24)25/h4-5,12-13,16,20H,3,6-7H2,1-2H3,(H,24,25)/t12?,13-,16?/m0/s1. The highest BCUT2D eigenvalue weighted by molar-refractivity contribution is 8.13. The molecule has 8 nitrogen and oxygen atoms in total. The molecule has 0 spiro atoms. The fourth-order valence-corrected chi connectivity index (χ4v) is 4.38. The van der Waals surface area contributed by atoms with Crippen LogP contribution in [0.3, 0.4) is 0 Å². The minimum absolute atomic E-state index is 0.0163. The van der Waals surface area contributed by atoms with Gasteiger partial charge in [-0.05, 0) is 36.6 Å². The van der Waals surface area contributed by atoms with Gasteiger partial charge in [-0.3, -0.25) is 24.5 Å². The molecule has 0 saturated carbocycles. The Morgan fingerprint density at radius 3 is 2.48 bits per heavy atom. The van der Waals surface area contributed by atoms with Gasteiger partial charge in [-0.1, -0.05) is 24.0 Å². The van der Waals surface area contributed by atoms with E-state index in [4.69, 9.17) is 21.7 Å². The smallest absolute Gasteiger partial charge is 0.321 e. The number of thiocarbonyl (C=S) groups is 1. The number of fused-ring (bicyclic) bond motifs is 2. The second kappa shape index (κ2) is 8.60. The molecule has 0 aliphatic carbocycles. The van der Waals surface area contributed by atoms with Crippen LogP contribution in [-0.2, 0) is 25.6 Å². The molecule has 0 radical (unpaired) electrons. The lowest BCUT2D eigenvalue weighted by atomic mass is 9.83. The van der Waals surface area contributed by atoms with E-state index >= 15 is 0 Å². The Labute approximate surface area is 176 Å². The molecule has 2 heterocycles. The summed E-state index contributed by atoms with van der Waals surface area (Å²) in [6.45, 7) is 2.67. The van der Waals surface area contributed by atoms with Gasteiger partial charge in [0.15, 0.2) is 28.2 Å². The zero-order chi connectivity index (χ0) is 21.3. The summed E-state index contributed by atoms with van der Waals surface area (Å²) in [5.41, 5.74) is 1.20. The lowest BCUT2D eigenvalue weighted by molar-refractivity contribution is -0.140. The third kappa shape index (κ3) is 4.49. The number of carbonyl (C=O) groups excluding carboxylic acids is 3. The van der Waals surface area contributed by atoms with Crippen LogP contribution in [0.25, 0.3) is 0 Å². The predicted molar refractivity (Wildman–Crippen MR) is 108 cm³/mol. The summed E-state index contributed by atoms with van der Waals surface area (Å²) in [5, 5.41) is 12.2. The number of hydrogen-bond donors (Lipinski definition) is 2. The maximum atomic E-state index is 13.4. The highest BCUT2D eigenvalue weighted by Gasteiger charge is 2.40. The molecule has 2 aliphatic rings. The third-order valence-corrected chi connectivity index (χ3v) is 6.26. The first-order valence-electron chi connectivity index (χ1n) is 8.82. The van der Waals surface area contributed by atoms with E-state index in [1.165, 1.54) is 13.8 Å². The van der Waals surface area contributed by atoms with Crippen molar-refractivity contribution in [1.29, 1.82) is 0 Å². The normalized spacial score (nSPS) is 20.5. The van der Waals surface area contributed by atoms with Crippen LogP contribution in [0.4, 0.5) is 0 Å². The number of rotatable bonds is 7. The number of carboxylic acids is 1. The molecule has 3 atom stereocenters. The molecule has 1 aromatic carbocycles. The molecule has 10 heteroatoms. The summed E-state index contributed by atoms with van der Waals surface area (Å²) in [6, 6.07) is 1.32.